The summed E-state index contributed by atoms with van der Waals surface area (Å²) in [6, 6.07) is 7.46. The molecule has 0 N–H and O–H groups in total. The molecule has 0 aliphatic carbocycles. The minimum atomic E-state index is -0.467. The Kier molecular flexibility index (Phi) is 5.40. The Balaban J connectivity index is 1.84. The van der Waals surface area contributed by atoms with Gasteiger partial charge in [-0.25, -0.2) is 9.36 Å². The normalized spacial score (nSPS) is 19.4. The first-order valence-electron chi connectivity index (χ1n) is 10.3. The zero-order chi connectivity index (χ0) is 21.6. The van der Waals surface area contributed by atoms with Gasteiger partial charge >= 0.3 is 5.69 Å². The molecule has 1 amide bonds. The predicted molar refractivity (Wildman–Crippen MR) is 121 cm³/mol. The molecule has 2 aromatic heterocycles. The molecule has 0 bridgehead atoms. The summed E-state index contributed by atoms with van der Waals surface area (Å²) < 4.78 is 3.17. The van der Waals surface area contributed by atoms with Crippen LogP contribution in [0.1, 0.15) is 31.4 Å². The fourth-order valence-corrected chi connectivity index (χ4v) is 5.34. The molecule has 0 radical (unpaired) electrons. The molecule has 1 aromatic carbocycles. The van der Waals surface area contributed by atoms with Gasteiger partial charge in [0, 0.05) is 13.1 Å². The standard InChI is InChI=1S/C23H27N3O3S/c1-14-5-6-17(4)19(10-14)26-22(28)21-18(7-8-30-21)25(23(26)29)13-20(27)24-11-15(2)9-16(3)12-24/h5-8,10,15-16H,9,11-13H2,1-4H3/t15-,16-/m0/s1. The van der Waals surface area contributed by atoms with E-state index in [9.17, 15) is 14.4 Å². The van der Waals surface area contributed by atoms with Crippen LogP contribution in [0, 0.1) is 25.7 Å². The Hall–Kier alpha value is -2.67. The van der Waals surface area contributed by atoms with Crippen LogP contribution in [0.2, 0.25) is 0 Å². The zero-order valence-electron chi connectivity index (χ0n) is 17.8. The van der Waals surface area contributed by atoms with Crippen molar-refractivity contribution in [2.24, 2.45) is 11.8 Å². The SMILES string of the molecule is Cc1ccc(C)c(-n2c(=O)c3sccc3n(CC(=O)N3C[C@@H](C)C[C@H](C)C3)c2=O)c1. The van der Waals surface area contributed by atoms with E-state index >= 15 is 0 Å². The molecular formula is C23H27N3O3S. The first-order valence-corrected chi connectivity index (χ1v) is 11.2. The second-order valence-electron chi connectivity index (χ2n) is 8.68. The van der Waals surface area contributed by atoms with Crippen LogP contribution in [-0.2, 0) is 11.3 Å². The number of amides is 1. The van der Waals surface area contributed by atoms with Crippen LogP contribution in [0.25, 0.3) is 15.9 Å². The van der Waals surface area contributed by atoms with E-state index in [1.54, 1.807) is 11.4 Å². The molecule has 6 nitrogen and oxygen atoms in total. The van der Waals surface area contributed by atoms with Crippen LogP contribution in [0.15, 0.2) is 39.2 Å². The lowest BCUT2D eigenvalue weighted by Gasteiger charge is -2.35. The third-order valence-electron chi connectivity index (χ3n) is 5.88. The zero-order valence-corrected chi connectivity index (χ0v) is 18.7. The van der Waals surface area contributed by atoms with Crippen LogP contribution < -0.4 is 11.2 Å². The largest absolute Gasteiger partial charge is 0.341 e. The van der Waals surface area contributed by atoms with E-state index < -0.39 is 5.69 Å². The number of piperidine rings is 1. The summed E-state index contributed by atoms with van der Waals surface area (Å²) in [6.07, 6.45) is 1.11. The maximum absolute atomic E-state index is 13.5. The lowest BCUT2D eigenvalue weighted by Crippen LogP contribution is -2.46. The molecule has 0 saturated carbocycles. The van der Waals surface area contributed by atoms with Gasteiger partial charge in [0.1, 0.15) is 11.2 Å². The molecule has 3 aromatic rings. The van der Waals surface area contributed by atoms with Crippen molar-refractivity contribution in [3.05, 3.63) is 61.6 Å². The van der Waals surface area contributed by atoms with Crippen molar-refractivity contribution in [3.8, 4) is 5.69 Å². The van der Waals surface area contributed by atoms with Crippen molar-refractivity contribution in [2.75, 3.05) is 13.1 Å². The average molecular weight is 426 g/mol. The predicted octanol–water partition coefficient (Wildman–Crippen LogP) is 3.34. The molecule has 30 heavy (non-hydrogen) atoms. The first kappa shape index (κ1) is 20.6. The van der Waals surface area contributed by atoms with E-state index in [1.807, 2.05) is 36.9 Å². The van der Waals surface area contributed by atoms with Gasteiger partial charge in [-0.05, 0) is 60.7 Å². The average Bonchev–Trinajstić information content (AvgIpc) is 3.17. The van der Waals surface area contributed by atoms with Crippen molar-refractivity contribution < 1.29 is 4.79 Å². The van der Waals surface area contributed by atoms with Crippen molar-refractivity contribution >= 4 is 27.5 Å². The molecule has 1 saturated heterocycles. The number of fused-ring (bicyclic) bond motifs is 1. The second-order valence-corrected chi connectivity index (χ2v) is 9.60. The molecule has 0 spiro atoms. The number of carbonyl (C=O) groups excluding carboxylic acids is 1. The van der Waals surface area contributed by atoms with E-state index in [1.165, 1.54) is 20.5 Å². The van der Waals surface area contributed by atoms with Crippen molar-refractivity contribution in [3.63, 3.8) is 0 Å². The highest BCUT2D eigenvalue weighted by Gasteiger charge is 2.27. The highest BCUT2D eigenvalue weighted by Crippen LogP contribution is 2.22. The molecule has 1 fully saturated rings. The monoisotopic (exact) mass is 425 g/mol. The van der Waals surface area contributed by atoms with E-state index in [2.05, 4.69) is 13.8 Å². The number of hydrogen-bond acceptors (Lipinski definition) is 4. The van der Waals surface area contributed by atoms with Gasteiger partial charge < -0.3 is 4.90 Å². The molecular weight excluding hydrogens is 398 g/mol. The molecule has 2 atom stereocenters. The van der Waals surface area contributed by atoms with E-state index in [0.29, 0.717) is 40.8 Å². The number of likely N-dealkylation sites (tertiary alicyclic amines) is 1. The van der Waals surface area contributed by atoms with Gasteiger partial charge in [0.15, 0.2) is 0 Å². The van der Waals surface area contributed by atoms with Crippen molar-refractivity contribution in [2.45, 2.75) is 40.7 Å². The molecule has 0 unspecified atom stereocenters. The Morgan fingerprint density at radius 1 is 1.10 bits per heavy atom. The lowest BCUT2D eigenvalue weighted by atomic mass is 9.92. The molecule has 4 rings (SSSR count). The summed E-state index contributed by atoms with van der Waals surface area (Å²) in [4.78, 5) is 41.6. The summed E-state index contributed by atoms with van der Waals surface area (Å²) >= 11 is 1.30. The topological polar surface area (TPSA) is 64.3 Å². The Morgan fingerprint density at radius 2 is 1.80 bits per heavy atom. The maximum atomic E-state index is 13.5. The minimum Gasteiger partial charge on any atom is -0.341 e. The smallest absolute Gasteiger partial charge is 0.336 e. The molecule has 1 aliphatic rings. The summed E-state index contributed by atoms with van der Waals surface area (Å²) in [6.45, 7) is 9.47. The molecule has 158 valence electrons. The van der Waals surface area contributed by atoms with Crippen LogP contribution in [-0.4, -0.2) is 33.0 Å². The number of rotatable bonds is 3. The van der Waals surface area contributed by atoms with Gasteiger partial charge in [-0.2, -0.15) is 0 Å². The van der Waals surface area contributed by atoms with Gasteiger partial charge in [0.25, 0.3) is 5.56 Å². The maximum Gasteiger partial charge on any atom is 0.336 e. The summed E-state index contributed by atoms with van der Waals surface area (Å²) in [7, 11) is 0. The van der Waals surface area contributed by atoms with Crippen LogP contribution in [0.4, 0.5) is 0 Å². The number of aromatic nitrogens is 2. The Labute approximate surface area is 179 Å². The lowest BCUT2D eigenvalue weighted by molar-refractivity contribution is -0.134. The highest BCUT2D eigenvalue weighted by atomic mass is 32.1. The highest BCUT2D eigenvalue weighted by molar-refractivity contribution is 7.17. The van der Waals surface area contributed by atoms with E-state index in [-0.39, 0.29) is 18.0 Å². The number of nitrogens with zero attached hydrogens (tertiary/aromatic N) is 3. The van der Waals surface area contributed by atoms with Crippen molar-refractivity contribution in [1.82, 2.24) is 14.0 Å². The van der Waals surface area contributed by atoms with Gasteiger partial charge in [-0.15, -0.1) is 11.3 Å². The van der Waals surface area contributed by atoms with Crippen LogP contribution in [0.5, 0.6) is 0 Å². The molecule has 7 heteroatoms. The Bertz CT molecular complexity index is 1230. The summed E-state index contributed by atoms with van der Waals surface area (Å²) in [5.41, 5.74) is 2.11. The van der Waals surface area contributed by atoms with Gasteiger partial charge in [0.05, 0.1) is 11.2 Å². The first-order chi connectivity index (χ1) is 14.3. The van der Waals surface area contributed by atoms with E-state index in [4.69, 9.17) is 0 Å². The number of benzene rings is 1. The van der Waals surface area contributed by atoms with Gasteiger partial charge in [-0.3, -0.25) is 14.2 Å². The van der Waals surface area contributed by atoms with Gasteiger partial charge in [0.2, 0.25) is 5.91 Å². The minimum absolute atomic E-state index is 0.0589. The summed E-state index contributed by atoms with van der Waals surface area (Å²) in [5.74, 6) is 0.813. The van der Waals surface area contributed by atoms with Gasteiger partial charge in [-0.1, -0.05) is 26.0 Å². The number of aryl methyl sites for hydroxylation is 2. The fraction of sp³-hybridized carbons (Fsp3) is 0.435. The van der Waals surface area contributed by atoms with Crippen LogP contribution >= 0.6 is 11.3 Å². The third kappa shape index (κ3) is 3.62. The fourth-order valence-electron chi connectivity index (χ4n) is 4.51. The Morgan fingerprint density at radius 3 is 2.50 bits per heavy atom. The quantitative estimate of drug-likeness (QED) is 0.647. The number of carbonyl (C=O) groups is 1. The van der Waals surface area contributed by atoms with E-state index in [0.717, 1.165) is 17.5 Å². The molecule has 1 aliphatic heterocycles. The summed E-state index contributed by atoms with van der Waals surface area (Å²) in [5, 5.41) is 1.80. The van der Waals surface area contributed by atoms with Crippen molar-refractivity contribution in [1.29, 1.82) is 0 Å². The number of hydrogen-bond donors (Lipinski definition) is 0. The number of thiophene rings is 1. The second kappa shape index (κ2) is 7.87. The van der Waals surface area contributed by atoms with Crippen LogP contribution in [0.3, 0.4) is 0 Å². The third-order valence-corrected chi connectivity index (χ3v) is 6.77. The molecule has 3 heterocycles.